The van der Waals surface area contributed by atoms with Gasteiger partial charge in [-0.3, -0.25) is 0 Å². The van der Waals surface area contributed by atoms with Crippen LogP contribution in [0.4, 0.5) is 0 Å². The maximum Gasteiger partial charge on any atom is 0.0661 e. The molecule has 3 nitrogen and oxygen atoms in total. The van der Waals surface area contributed by atoms with Crippen LogP contribution in [0.2, 0.25) is 0 Å². The van der Waals surface area contributed by atoms with Crippen molar-refractivity contribution in [3.63, 3.8) is 0 Å². The zero-order chi connectivity index (χ0) is 14.4. The van der Waals surface area contributed by atoms with E-state index in [2.05, 4.69) is 26.1 Å². The molecule has 0 bridgehead atoms. The molecule has 0 aromatic rings. The van der Waals surface area contributed by atoms with E-state index < -0.39 is 0 Å². The quantitative estimate of drug-likeness (QED) is 0.693. The lowest BCUT2D eigenvalue weighted by Crippen LogP contribution is -2.64. The second-order valence-electron chi connectivity index (χ2n) is 6.95. The van der Waals surface area contributed by atoms with Crippen molar-refractivity contribution in [2.24, 2.45) is 11.3 Å². The van der Waals surface area contributed by atoms with Crippen LogP contribution in [0, 0.1) is 11.3 Å². The van der Waals surface area contributed by atoms with Gasteiger partial charge >= 0.3 is 0 Å². The van der Waals surface area contributed by atoms with Crippen LogP contribution in [0.5, 0.6) is 0 Å². The average Bonchev–Trinajstić information content (AvgIpc) is 2.45. The van der Waals surface area contributed by atoms with Crippen LogP contribution in [0.1, 0.15) is 59.3 Å². The molecule has 2 saturated carbocycles. The molecule has 2 rings (SSSR count). The van der Waals surface area contributed by atoms with Crippen molar-refractivity contribution >= 4 is 0 Å². The molecule has 0 aromatic carbocycles. The zero-order valence-electron chi connectivity index (χ0n) is 13.6. The molecule has 2 aliphatic carbocycles. The van der Waals surface area contributed by atoms with Crippen LogP contribution >= 0.6 is 0 Å². The maximum atomic E-state index is 5.99. The fourth-order valence-corrected chi connectivity index (χ4v) is 3.97. The first-order chi connectivity index (χ1) is 9.69. The van der Waals surface area contributed by atoms with Gasteiger partial charge in [0.25, 0.3) is 0 Å². The third-order valence-corrected chi connectivity index (χ3v) is 5.03. The Balaban J connectivity index is 1.73. The number of hydrogen-bond donors (Lipinski definition) is 1. The predicted octanol–water partition coefficient (Wildman–Crippen LogP) is 3.38. The summed E-state index contributed by atoms with van der Waals surface area (Å²) in [7, 11) is 0. The summed E-state index contributed by atoms with van der Waals surface area (Å²) in [5.74, 6) is 0.630. The first-order valence-corrected chi connectivity index (χ1v) is 8.61. The molecule has 1 spiro atoms. The van der Waals surface area contributed by atoms with Gasteiger partial charge in [-0.15, -0.1) is 0 Å². The molecule has 0 radical (unpaired) electrons. The molecule has 2 atom stereocenters. The van der Waals surface area contributed by atoms with E-state index in [1.807, 2.05) is 0 Å². The summed E-state index contributed by atoms with van der Waals surface area (Å²) in [6.45, 7) is 10.1. The summed E-state index contributed by atoms with van der Waals surface area (Å²) < 4.78 is 11.7. The smallest absolute Gasteiger partial charge is 0.0661 e. The summed E-state index contributed by atoms with van der Waals surface area (Å²) >= 11 is 0. The lowest BCUT2D eigenvalue weighted by atomic mass is 9.55. The molecule has 0 aromatic heterocycles. The third-order valence-electron chi connectivity index (χ3n) is 5.03. The lowest BCUT2D eigenvalue weighted by molar-refractivity contribution is -0.150. The van der Waals surface area contributed by atoms with Gasteiger partial charge in [0, 0.05) is 31.2 Å². The van der Waals surface area contributed by atoms with Crippen molar-refractivity contribution < 1.29 is 9.47 Å². The second kappa shape index (κ2) is 7.77. The molecular formula is C17H33NO2. The minimum absolute atomic E-state index is 0.437. The number of nitrogens with one attached hydrogen (secondary N) is 1. The van der Waals surface area contributed by atoms with E-state index in [9.17, 15) is 0 Å². The number of rotatable bonds is 8. The fraction of sp³-hybridized carbons (Fsp3) is 1.00. The van der Waals surface area contributed by atoms with Crippen molar-refractivity contribution in [1.29, 1.82) is 0 Å². The Bertz CT molecular complexity index is 274. The zero-order valence-corrected chi connectivity index (χ0v) is 13.6. The molecule has 2 fully saturated rings. The van der Waals surface area contributed by atoms with Gasteiger partial charge in [0.15, 0.2) is 0 Å². The lowest BCUT2D eigenvalue weighted by Gasteiger charge is -2.58. The molecule has 3 heteroatoms. The third kappa shape index (κ3) is 3.75. The maximum absolute atomic E-state index is 5.99. The summed E-state index contributed by atoms with van der Waals surface area (Å²) in [4.78, 5) is 0. The molecule has 0 saturated heterocycles. The minimum atomic E-state index is 0.437. The highest BCUT2D eigenvalue weighted by molar-refractivity contribution is 5.08. The Kier molecular flexibility index (Phi) is 6.31. The molecule has 118 valence electrons. The highest BCUT2D eigenvalue weighted by Crippen LogP contribution is 2.53. The van der Waals surface area contributed by atoms with E-state index >= 15 is 0 Å². The Morgan fingerprint density at radius 1 is 1.20 bits per heavy atom. The molecule has 0 heterocycles. The Morgan fingerprint density at radius 2 is 1.95 bits per heavy atom. The van der Waals surface area contributed by atoms with Gasteiger partial charge < -0.3 is 14.8 Å². The van der Waals surface area contributed by atoms with Gasteiger partial charge in [-0.25, -0.2) is 0 Å². The van der Waals surface area contributed by atoms with Gasteiger partial charge in [-0.2, -0.15) is 0 Å². The van der Waals surface area contributed by atoms with Crippen LogP contribution < -0.4 is 5.32 Å². The van der Waals surface area contributed by atoms with Crippen LogP contribution in [0.25, 0.3) is 0 Å². The first kappa shape index (κ1) is 16.3. The second-order valence-corrected chi connectivity index (χ2v) is 6.95. The molecule has 1 N–H and O–H groups in total. The van der Waals surface area contributed by atoms with Crippen LogP contribution in [0.15, 0.2) is 0 Å². The summed E-state index contributed by atoms with van der Waals surface area (Å²) in [6.07, 6.45) is 8.56. The van der Waals surface area contributed by atoms with Crippen molar-refractivity contribution in [2.45, 2.75) is 71.4 Å². The van der Waals surface area contributed by atoms with E-state index in [1.54, 1.807) is 0 Å². The van der Waals surface area contributed by atoms with E-state index in [4.69, 9.17) is 9.47 Å². The van der Waals surface area contributed by atoms with Gasteiger partial charge in [0.2, 0.25) is 0 Å². The van der Waals surface area contributed by atoms with E-state index in [-0.39, 0.29) is 0 Å². The normalized spacial score (nSPS) is 28.8. The standard InChI is InChI=1S/C17H33NO2/c1-4-20-16-12-15(17(16)8-6-5-7-9-17)18-10-11-19-13-14(2)3/h14-16,18H,4-13H2,1-3H3. The number of ether oxygens (including phenoxy) is 2. The minimum Gasteiger partial charge on any atom is -0.380 e. The summed E-state index contributed by atoms with van der Waals surface area (Å²) in [5, 5.41) is 3.74. The van der Waals surface area contributed by atoms with Gasteiger partial charge in [0.05, 0.1) is 12.7 Å². The summed E-state index contributed by atoms with van der Waals surface area (Å²) in [6, 6.07) is 0.655. The molecular weight excluding hydrogens is 250 g/mol. The van der Waals surface area contributed by atoms with E-state index in [1.165, 1.54) is 38.5 Å². The summed E-state index contributed by atoms with van der Waals surface area (Å²) in [5.41, 5.74) is 0.437. The molecule has 0 amide bonds. The monoisotopic (exact) mass is 283 g/mol. The SMILES string of the molecule is CCOC1CC(NCCOCC(C)C)C12CCCCC2. The van der Waals surface area contributed by atoms with Gasteiger partial charge in [-0.05, 0) is 32.1 Å². The molecule has 20 heavy (non-hydrogen) atoms. The first-order valence-electron chi connectivity index (χ1n) is 8.61. The largest absolute Gasteiger partial charge is 0.380 e. The Morgan fingerprint density at radius 3 is 2.60 bits per heavy atom. The Hall–Kier alpha value is -0.120. The topological polar surface area (TPSA) is 30.5 Å². The predicted molar refractivity (Wildman–Crippen MR) is 83.0 cm³/mol. The van der Waals surface area contributed by atoms with Crippen molar-refractivity contribution in [1.82, 2.24) is 5.32 Å². The Labute approximate surface area is 124 Å². The van der Waals surface area contributed by atoms with E-state index in [0.717, 1.165) is 26.4 Å². The molecule has 2 unspecified atom stereocenters. The fourth-order valence-electron chi connectivity index (χ4n) is 3.97. The molecule has 2 aliphatic rings. The van der Waals surface area contributed by atoms with Crippen molar-refractivity contribution in [3.05, 3.63) is 0 Å². The average molecular weight is 283 g/mol. The number of hydrogen-bond acceptors (Lipinski definition) is 3. The van der Waals surface area contributed by atoms with Crippen LogP contribution in [-0.4, -0.2) is 38.5 Å². The van der Waals surface area contributed by atoms with Crippen LogP contribution in [0.3, 0.4) is 0 Å². The van der Waals surface area contributed by atoms with E-state index in [0.29, 0.717) is 23.5 Å². The van der Waals surface area contributed by atoms with Crippen molar-refractivity contribution in [3.8, 4) is 0 Å². The molecule has 0 aliphatic heterocycles. The van der Waals surface area contributed by atoms with Gasteiger partial charge in [-0.1, -0.05) is 33.1 Å². The van der Waals surface area contributed by atoms with Gasteiger partial charge in [0.1, 0.15) is 0 Å². The van der Waals surface area contributed by atoms with Crippen LogP contribution in [-0.2, 0) is 9.47 Å². The highest BCUT2D eigenvalue weighted by Gasteiger charge is 2.55. The highest BCUT2D eigenvalue weighted by atomic mass is 16.5. The van der Waals surface area contributed by atoms with Crippen molar-refractivity contribution in [2.75, 3.05) is 26.4 Å².